The molecule has 1 aromatic heterocycles. The second-order valence-electron chi connectivity index (χ2n) is 6.00. The van der Waals surface area contributed by atoms with E-state index in [1.54, 1.807) is 0 Å². The summed E-state index contributed by atoms with van der Waals surface area (Å²) in [7, 11) is 6.32. The lowest BCUT2D eigenvalue weighted by Crippen LogP contribution is -2.39. The summed E-state index contributed by atoms with van der Waals surface area (Å²) in [5.74, 6) is 0.424. The molecular weight excluding hydrogens is 287 g/mol. The van der Waals surface area contributed by atoms with Crippen LogP contribution in [0, 0.1) is 0 Å². The zero-order valence-corrected chi connectivity index (χ0v) is 12.7. The van der Waals surface area contributed by atoms with Crippen molar-refractivity contribution in [3.05, 3.63) is 48.2 Å². The highest BCUT2D eigenvalue weighted by Crippen LogP contribution is 2.29. The summed E-state index contributed by atoms with van der Waals surface area (Å²) in [5, 5.41) is 19.9. The average molecular weight is 304 g/mol. The highest BCUT2D eigenvalue weighted by molar-refractivity contribution is 6.36. The van der Waals surface area contributed by atoms with Gasteiger partial charge in [0, 0.05) is 12.1 Å². The van der Waals surface area contributed by atoms with Crippen LogP contribution in [-0.4, -0.2) is 37.3 Å². The van der Waals surface area contributed by atoms with Gasteiger partial charge in [-0.25, -0.2) is 0 Å². The van der Waals surface area contributed by atoms with Gasteiger partial charge in [-0.05, 0) is 29.2 Å². The van der Waals surface area contributed by atoms with Crippen LogP contribution in [0.3, 0.4) is 0 Å². The first-order valence-corrected chi connectivity index (χ1v) is 7.87. The molecule has 0 amide bonds. The standard InChI is InChI=1S/C18H17BN2O2/c19-16-17(13-7-3-5-11-4-1-2-6-12(11)13)21-23-18(16)14-10-20-9-8-15(14)22/h1-7,14-15,20,22H,8-10H2/t14-,15+/m0/s1. The van der Waals surface area contributed by atoms with Crippen LogP contribution in [0.2, 0.25) is 0 Å². The molecule has 2 heterocycles. The minimum atomic E-state index is -0.452. The number of nitrogens with one attached hydrogen (secondary N) is 1. The summed E-state index contributed by atoms with van der Waals surface area (Å²) in [6, 6.07) is 14.2. The maximum Gasteiger partial charge on any atom is 0.137 e. The van der Waals surface area contributed by atoms with Gasteiger partial charge in [0.15, 0.2) is 0 Å². The number of rotatable bonds is 2. The molecule has 2 atom stereocenters. The molecule has 1 aliphatic rings. The van der Waals surface area contributed by atoms with Crippen molar-refractivity contribution in [2.45, 2.75) is 18.4 Å². The van der Waals surface area contributed by atoms with E-state index in [2.05, 4.69) is 28.7 Å². The van der Waals surface area contributed by atoms with E-state index in [0.29, 0.717) is 29.9 Å². The molecule has 5 heteroatoms. The Labute approximate surface area is 135 Å². The van der Waals surface area contributed by atoms with Gasteiger partial charge in [0.2, 0.25) is 0 Å². The molecular formula is C18H17BN2O2. The van der Waals surface area contributed by atoms with Crippen LogP contribution in [0.5, 0.6) is 0 Å². The average Bonchev–Trinajstić information content (AvgIpc) is 2.96. The van der Waals surface area contributed by atoms with Crippen LogP contribution in [0.4, 0.5) is 0 Å². The van der Waals surface area contributed by atoms with Gasteiger partial charge in [0.25, 0.3) is 0 Å². The number of aromatic nitrogens is 1. The van der Waals surface area contributed by atoms with Gasteiger partial charge in [0.1, 0.15) is 19.3 Å². The van der Waals surface area contributed by atoms with Gasteiger partial charge in [-0.1, -0.05) is 47.6 Å². The Bertz CT molecular complexity index is 841. The van der Waals surface area contributed by atoms with Gasteiger partial charge < -0.3 is 14.9 Å². The molecule has 4 nitrogen and oxygen atoms in total. The number of piperidine rings is 1. The van der Waals surface area contributed by atoms with Crippen LogP contribution in [-0.2, 0) is 0 Å². The Hall–Kier alpha value is -2.11. The fourth-order valence-electron chi connectivity index (χ4n) is 3.32. The summed E-state index contributed by atoms with van der Waals surface area (Å²) >= 11 is 0. The minimum Gasteiger partial charge on any atom is -0.392 e. The lowest BCUT2D eigenvalue weighted by Gasteiger charge is -2.26. The third kappa shape index (κ3) is 2.46. The van der Waals surface area contributed by atoms with Gasteiger partial charge in [-0.3, -0.25) is 0 Å². The highest BCUT2D eigenvalue weighted by atomic mass is 16.5. The predicted octanol–water partition coefficient (Wildman–Crippen LogP) is 1.73. The Balaban J connectivity index is 1.81. The van der Waals surface area contributed by atoms with Crippen LogP contribution in [0.15, 0.2) is 47.0 Å². The second kappa shape index (κ2) is 5.83. The predicted molar refractivity (Wildman–Crippen MR) is 91.1 cm³/mol. The number of nitrogens with zero attached hydrogens (tertiary/aromatic N) is 1. The van der Waals surface area contributed by atoms with E-state index in [4.69, 9.17) is 12.4 Å². The Morgan fingerprint density at radius 2 is 2.00 bits per heavy atom. The van der Waals surface area contributed by atoms with Crippen molar-refractivity contribution in [1.82, 2.24) is 10.5 Å². The first-order valence-electron chi connectivity index (χ1n) is 7.87. The molecule has 4 rings (SSSR count). The maximum absolute atomic E-state index is 10.2. The molecule has 3 aromatic rings. The van der Waals surface area contributed by atoms with Gasteiger partial charge >= 0.3 is 0 Å². The molecule has 0 aliphatic carbocycles. The minimum absolute atomic E-state index is 0.153. The van der Waals surface area contributed by atoms with E-state index in [-0.39, 0.29) is 5.92 Å². The van der Waals surface area contributed by atoms with Crippen molar-refractivity contribution in [2.75, 3.05) is 13.1 Å². The van der Waals surface area contributed by atoms with Crippen molar-refractivity contribution >= 4 is 24.1 Å². The monoisotopic (exact) mass is 304 g/mol. The number of fused-ring (bicyclic) bond motifs is 1. The van der Waals surface area contributed by atoms with Crippen LogP contribution in [0.1, 0.15) is 18.1 Å². The lowest BCUT2D eigenvalue weighted by atomic mass is 9.82. The van der Waals surface area contributed by atoms with E-state index < -0.39 is 6.10 Å². The third-order valence-corrected chi connectivity index (χ3v) is 4.58. The molecule has 23 heavy (non-hydrogen) atoms. The number of hydrogen-bond acceptors (Lipinski definition) is 4. The largest absolute Gasteiger partial charge is 0.392 e. The molecule has 0 saturated carbocycles. The fourth-order valence-corrected chi connectivity index (χ4v) is 3.32. The summed E-state index contributed by atoms with van der Waals surface area (Å²) in [6.07, 6.45) is 0.237. The van der Waals surface area contributed by atoms with Gasteiger partial charge in [-0.2, -0.15) is 0 Å². The molecule has 1 aliphatic heterocycles. The van der Waals surface area contributed by atoms with E-state index in [9.17, 15) is 5.11 Å². The van der Waals surface area contributed by atoms with Gasteiger partial charge in [0.05, 0.1) is 12.0 Å². The van der Waals surface area contributed by atoms with Crippen molar-refractivity contribution in [1.29, 1.82) is 0 Å². The SMILES string of the molecule is [B]c1c(-c2cccc3ccccc23)noc1[C@H]1CNCC[C@H]1O. The molecule has 2 aromatic carbocycles. The van der Waals surface area contributed by atoms with E-state index >= 15 is 0 Å². The zero-order chi connectivity index (χ0) is 15.8. The summed E-state index contributed by atoms with van der Waals surface area (Å²) in [6.45, 7) is 1.46. The first-order chi connectivity index (χ1) is 11.3. The van der Waals surface area contributed by atoms with Crippen LogP contribution < -0.4 is 10.8 Å². The Morgan fingerprint density at radius 3 is 2.87 bits per heavy atom. The van der Waals surface area contributed by atoms with Crippen molar-refractivity contribution in [3.63, 3.8) is 0 Å². The maximum atomic E-state index is 10.2. The van der Waals surface area contributed by atoms with E-state index in [1.807, 2.05) is 24.3 Å². The second-order valence-corrected chi connectivity index (χ2v) is 6.00. The normalized spacial score (nSPS) is 21.6. The smallest absolute Gasteiger partial charge is 0.137 e. The topological polar surface area (TPSA) is 58.3 Å². The zero-order valence-electron chi connectivity index (χ0n) is 12.7. The van der Waals surface area contributed by atoms with E-state index in [1.165, 1.54) is 0 Å². The lowest BCUT2D eigenvalue weighted by molar-refractivity contribution is 0.102. The highest BCUT2D eigenvalue weighted by Gasteiger charge is 2.30. The van der Waals surface area contributed by atoms with E-state index in [0.717, 1.165) is 22.9 Å². The Morgan fingerprint density at radius 1 is 1.17 bits per heavy atom. The summed E-state index contributed by atoms with van der Waals surface area (Å²) < 4.78 is 5.53. The Kier molecular flexibility index (Phi) is 3.67. The number of aliphatic hydroxyl groups excluding tert-OH is 1. The summed E-state index contributed by atoms with van der Waals surface area (Å²) in [5.41, 5.74) is 2.12. The van der Waals surface area contributed by atoms with Crippen molar-refractivity contribution in [3.8, 4) is 11.3 Å². The van der Waals surface area contributed by atoms with Crippen molar-refractivity contribution in [2.24, 2.45) is 0 Å². The van der Waals surface area contributed by atoms with Crippen LogP contribution in [0.25, 0.3) is 22.0 Å². The van der Waals surface area contributed by atoms with Gasteiger partial charge in [-0.15, -0.1) is 0 Å². The first kappa shape index (κ1) is 14.5. The summed E-state index contributed by atoms with van der Waals surface area (Å²) in [4.78, 5) is 0. The van der Waals surface area contributed by atoms with Crippen LogP contribution >= 0.6 is 0 Å². The molecule has 0 unspecified atom stereocenters. The fraction of sp³-hybridized carbons (Fsp3) is 0.278. The molecule has 114 valence electrons. The molecule has 0 spiro atoms. The molecule has 1 fully saturated rings. The quantitative estimate of drug-likeness (QED) is 0.708. The molecule has 2 N–H and O–H groups in total. The third-order valence-electron chi connectivity index (χ3n) is 4.58. The molecule has 0 bridgehead atoms. The van der Waals surface area contributed by atoms with Crippen molar-refractivity contribution < 1.29 is 9.63 Å². The molecule has 1 saturated heterocycles. The number of hydrogen-bond donors (Lipinski definition) is 2. The number of benzene rings is 2. The number of aliphatic hydroxyl groups is 1. The molecule has 2 radical (unpaired) electrons.